The quantitative estimate of drug-likeness (QED) is 0.125. The van der Waals surface area contributed by atoms with Gasteiger partial charge in [0.2, 0.25) is 0 Å². The molecule has 1 unspecified atom stereocenters. The first-order valence-electron chi connectivity index (χ1n) is 16.5. The molecule has 266 valence electrons. The van der Waals surface area contributed by atoms with Gasteiger partial charge in [-0.25, -0.2) is 14.4 Å². The van der Waals surface area contributed by atoms with E-state index in [9.17, 15) is 24.0 Å². The third-order valence-corrected chi connectivity index (χ3v) is 11.3. The first-order chi connectivity index (χ1) is 24.0. The Kier molecular flexibility index (Phi) is 12.8. The first-order valence-corrected chi connectivity index (χ1v) is 18.6. The van der Waals surface area contributed by atoms with E-state index in [1.807, 2.05) is 39.8 Å². The summed E-state index contributed by atoms with van der Waals surface area (Å²) < 4.78 is 41.6. The molecule has 5 rings (SSSR count). The predicted octanol–water partition coefficient (Wildman–Crippen LogP) is 5.50. The summed E-state index contributed by atoms with van der Waals surface area (Å²) in [4.78, 5) is 41.3. The van der Waals surface area contributed by atoms with Crippen LogP contribution in [0.25, 0.3) is 0 Å². The van der Waals surface area contributed by atoms with Crippen molar-refractivity contribution in [3.05, 3.63) is 120 Å². The smallest absolute Gasteiger partial charge is 0.338 e. The van der Waals surface area contributed by atoms with Crippen LogP contribution in [0.2, 0.25) is 0 Å². The fourth-order valence-corrected chi connectivity index (χ4v) is 7.82. The Morgan fingerprint density at radius 2 is 1.28 bits per heavy atom. The minimum Gasteiger partial charge on any atom is -0.598 e. The van der Waals surface area contributed by atoms with Crippen LogP contribution in [0.3, 0.4) is 0 Å². The molecular formula is C38H43NO9S2. The number of allylic oxidation sites excluding steroid dienone is 1. The Balaban J connectivity index is 1.66. The van der Waals surface area contributed by atoms with E-state index >= 15 is 0 Å². The highest BCUT2D eigenvalue weighted by Crippen LogP contribution is 2.40. The number of hydrogen-bond donors (Lipinski definition) is 2. The normalized spacial score (nSPS) is 28.0. The second-order valence-electron chi connectivity index (χ2n) is 13.2. The molecule has 0 amide bonds. The largest absolute Gasteiger partial charge is 0.598 e. The number of aliphatic hydroxyl groups is 1. The molecule has 2 aliphatic rings. The number of aliphatic hydroxyl groups excluding tert-OH is 1. The summed E-state index contributed by atoms with van der Waals surface area (Å²) in [5.74, 6) is -2.51. The number of benzene rings is 3. The van der Waals surface area contributed by atoms with E-state index < -0.39 is 69.9 Å². The Bertz CT molecular complexity index is 1600. The molecule has 12 heteroatoms. The standard InChI is InChI=1S/C38H43NO9S2/c1-24-15-14-22-28(23-40)49-37-33(47-36(43)27-20-12-7-13-21-27)32(46-35(42)26-18-10-6-11-19-26)31(45-34(41)25-16-8-5-9-17-25)30(48-37)29(24)39-50(44)38(2,3)4/h5-21,24,28-33,37,39-40H,22-23H2,1-4H3/b15-14-/t24-,28+,29-,30-,31+,32+,33-,37-,50?/m1/s1. The number of carbonyl (C=O) groups is 3. The predicted molar refractivity (Wildman–Crippen MR) is 192 cm³/mol. The minimum atomic E-state index is -1.60. The second-order valence-corrected chi connectivity index (χ2v) is 16.6. The van der Waals surface area contributed by atoms with E-state index in [1.165, 1.54) is 11.8 Å². The molecule has 10 nitrogen and oxygen atoms in total. The van der Waals surface area contributed by atoms with Crippen LogP contribution in [-0.2, 0) is 30.3 Å². The summed E-state index contributed by atoms with van der Waals surface area (Å²) >= 11 is -0.375. The van der Waals surface area contributed by atoms with Crippen LogP contribution >= 0.6 is 11.8 Å². The molecule has 50 heavy (non-hydrogen) atoms. The van der Waals surface area contributed by atoms with Crippen molar-refractivity contribution in [1.29, 1.82) is 0 Å². The van der Waals surface area contributed by atoms with Gasteiger partial charge in [0.05, 0.1) is 29.3 Å². The number of nitrogens with one attached hydrogen (secondary N) is 1. The Labute approximate surface area is 300 Å². The van der Waals surface area contributed by atoms with Gasteiger partial charge in [-0.1, -0.05) is 73.7 Å². The number of esters is 3. The van der Waals surface area contributed by atoms with Crippen molar-refractivity contribution in [2.75, 3.05) is 6.61 Å². The summed E-state index contributed by atoms with van der Waals surface area (Å²) in [5, 5.41) is 9.99. The topological polar surface area (TPSA) is 143 Å². The number of carbonyl (C=O) groups excluding carboxylic acids is 3. The second kappa shape index (κ2) is 17.0. The van der Waals surface area contributed by atoms with Crippen LogP contribution in [0.1, 0.15) is 65.2 Å². The van der Waals surface area contributed by atoms with Gasteiger partial charge in [-0.2, -0.15) is 0 Å². The summed E-state index contributed by atoms with van der Waals surface area (Å²) in [6.45, 7) is 7.19. The molecule has 2 bridgehead atoms. The van der Waals surface area contributed by atoms with Gasteiger partial charge >= 0.3 is 17.9 Å². The maximum Gasteiger partial charge on any atom is 0.338 e. The zero-order valence-electron chi connectivity index (χ0n) is 28.4. The van der Waals surface area contributed by atoms with Gasteiger partial charge in [0.1, 0.15) is 16.3 Å². The molecule has 0 aliphatic carbocycles. The number of rotatable bonds is 9. The number of hydrogen-bond acceptors (Lipinski definition) is 11. The van der Waals surface area contributed by atoms with Crippen molar-refractivity contribution in [1.82, 2.24) is 4.72 Å². The van der Waals surface area contributed by atoms with E-state index in [2.05, 4.69) is 4.72 Å². The molecule has 2 aliphatic heterocycles. The van der Waals surface area contributed by atoms with Gasteiger partial charge in [-0.05, 0) is 69.5 Å². The highest BCUT2D eigenvalue weighted by Gasteiger charge is 2.56. The van der Waals surface area contributed by atoms with Gasteiger partial charge in [0.15, 0.2) is 18.3 Å². The van der Waals surface area contributed by atoms with Crippen LogP contribution < -0.4 is 4.72 Å². The van der Waals surface area contributed by atoms with Crippen LogP contribution in [0.5, 0.6) is 0 Å². The molecule has 0 aromatic heterocycles. The SMILES string of the molecule is C[C@@H]1/C=C\C[C@@H](CO)S[C@H]2O[C@H]([C@@H]1N[S+]([O-])C(C)(C)C)[C@H](OC(=O)c1ccccc1)[C@H](OC(=O)c1ccccc1)[C@H]2OC(=O)c1ccccc1. The Morgan fingerprint density at radius 3 is 1.74 bits per heavy atom. The lowest BCUT2D eigenvalue weighted by molar-refractivity contribution is -0.207. The number of fused-ring (bicyclic) bond motifs is 2. The van der Waals surface area contributed by atoms with Crippen molar-refractivity contribution in [2.45, 2.75) is 80.0 Å². The molecule has 0 spiro atoms. The lowest BCUT2D eigenvalue weighted by atomic mass is 9.87. The molecule has 1 saturated heterocycles. The monoisotopic (exact) mass is 721 g/mol. The highest BCUT2D eigenvalue weighted by molar-refractivity contribution is 8.00. The molecule has 0 radical (unpaired) electrons. The average Bonchev–Trinajstić information content (AvgIpc) is 3.12. The van der Waals surface area contributed by atoms with E-state index in [4.69, 9.17) is 18.9 Å². The van der Waals surface area contributed by atoms with Crippen molar-refractivity contribution in [3.63, 3.8) is 0 Å². The van der Waals surface area contributed by atoms with Gasteiger partial charge < -0.3 is 28.6 Å². The number of thioether (sulfide) groups is 1. The van der Waals surface area contributed by atoms with Crippen LogP contribution in [-0.4, -0.2) is 80.1 Å². The minimum absolute atomic E-state index is 0.218. The van der Waals surface area contributed by atoms with Crippen molar-refractivity contribution in [3.8, 4) is 0 Å². The summed E-state index contributed by atoms with van der Waals surface area (Å²) in [7, 11) is 0. The van der Waals surface area contributed by atoms with Crippen LogP contribution in [0.4, 0.5) is 0 Å². The summed E-state index contributed by atoms with van der Waals surface area (Å²) in [6, 6.07) is 24.3. The van der Waals surface area contributed by atoms with E-state index in [0.29, 0.717) is 6.42 Å². The van der Waals surface area contributed by atoms with Gasteiger partial charge in [-0.3, -0.25) is 0 Å². The first kappa shape index (κ1) is 37.6. The van der Waals surface area contributed by atoms with Crippen molar-refractivity contribution >= 4 is 41.0 Å². The van der Waals surface area contributed by atoms with E-state index in [1.54, 1.807) is 91.0 Å². The molecule has 2 N–H and O–H groups in total. The third-order valence-electron chi connectivity index (χ3n) is 8.38. The maximum absolute atomic E-state index is 13.8. The molecule has 1 fully saturated rings. The van der Waals surface area contributed by atoms with Crippen LogP contribution in [0, 0.1) is 5.92 Å². The van der Waals surface area contributed by atoms with Crippen molar-refractivity contribution in [2.24, 2.45) is 5.92 Å². The van der Waals surface area contributed by atoms with Gasteiger partial charge in [0.25, 0.3) is 0 Å². The van der Waals surface area contributed by atoms with E-state index in [0.717, 1.165) is 0 Å². The summed E-state index contributed by atoms with van der Waals surface area (Å²) in [6.07, 6.45) is -0.773. The van der Waals surface area contributed by atoms with Crippen LogP contribution in [0.15, 0.2) is 103 Å². The highest BCUT2D eigenvalue weighted by atomic mass is 32.2. The molecular weight excluding hydrogens is 679 g/mol. The molecule has 9 atom stereocenters. The molecule has 3 aromatic carbocycles. The lowest BCUT2D eigenvalue weighted by Gasteiger charge is -2.48. The Morgan fingerprint density at radius 1 is 0.820 bits per heavy atom. The summed E-state index contributed by atoms with van der Waals surface area (Å²) in [5.41, 5.74) is -0.280. The van der Waals surface area contributed by atoms with E-state index in [-0.39, 0.29) is 34.5 Å². The molecule has 3 aromatic rings. The fraction of sp³-hybridized carbons (Fsp3) is 0.395. The van der Waals surface area contributed by atoms with Gasteiger partial charge in [-0.15, -0.1) is 16.5 Å². The number of ether oxygens (including phenoxy) is 4. The Hall–Kier alpha value is -3.65. The fourth-order valence-electron chi connectivity index (χ4n) is 5.63. The zero-order chi connectivity index (χ0) is 35.8. The lowest BCUT2D eigenvalue weighted by Crippen LogP contribution is -2.67. The zero-order valence-corrected chi connectivity index (χ0v) is 30.0. The van der Waals surface area contributed by atoms with Gasteiger partial charge in [0, 0.05) is 16.6 Å². The average molecular weight is 722 g/mol. The van der Waals surface area contributed by atoms with Crippen molar-refractivity contribution < 1.29 is 43.0 Å². The maximum atomic E-state index is 13.8. The molecule has 2 heterocycles. The third kappa shape index (κ3) is 9.36. The molecule has 0 saturated carbocycles.